The third-order valence-electron chi connectivity index (χ3n) is 5.05. The monoisotopic (exact) mass is 281 g/mol. The van der Waals surface area contributed by atoms with Crippen LogP contribution in [0.25, 0.3) is 0 Å². The van der Waals surface area contributed by atoms with Crippen molar-refractivity contribution in [1.29, 1.82) is 0 Å². The molecule has 1 unspecified atom stereocenters. The van der Waals surface area contributed by atoms with Crippen molar-refractivity contribution in [2.24, 2.45) is 5.92 Å². The largest absolute Gasteiger partial charge is 0.350 e. The molecule has 2 aliphatic heterocycles. The highest BCUT2D eigenvalue weighted by molar-refractivity contribution is 5.78. The first-order valence-electron chi connectivity index (χ1n) is 8.27. The SMILES string of the molecule is CCC(C)(C)NC(=O)CN1CCCC1C1CCNCC1. The Kier molecular flexibility index (Phi) is 5.44. The summed E-state index contributed by atoms with van der Waals surface area (Å²) in [7, 11) is 0. The second kappa shape index (κ2) is 6.90. The van der Waals surface area contributed by atoms with Crippen molar-refractivity contribution < 1.29 is 4.79 Å². The minimum absolute atomic E-state index is 0.0823. The van der Waals surface area contributed by atoms with Crippen molar-refractivity contribution >= 4 is 5.91 Å². The Balaban J connectivity index is 1.86. The lowest BCUT2D eigenvalue weighted by molar-refractivity contribution is -0.124. The van der Waals surface area contributed by atoms with Crippen LogP contribution in [0, 0.1) is 5.92 Å². The Morgan fingerprint density at radius 3 is 2.65 bits per heavy atom. The van der Waals surface area contributed by atoms with E-state index in [1.807, 2.05) is 0 Å². The first kappa shape index (κ1) is 15.8. The number of carbonyl (C=O) groups excluding carboxylic acids is 1. The molecule has 1 amide bonds. The smallest absolute Gasteiger partial charge is 0.234 e. The zero-order valence-corrected chi connectivity index (χ0v) is 13.4. The van der Waals surface area contributed by atoms with Crippen LogP contribution in [0.1, 0.15) is 52.9 Å². The summed E-state index contributed by atoms with van der Waals surface area (Å²) >= 11 is 0. The van der Waals surface area contributed by atoms with E-state index in [1.54, 1.807) is 0 Å². The van der Waals surface area contributed by atoms with Gasteiger partial charge in [-0.25, -0.2) is 0 Å². The van der Waals surface area contributed by atoms with Gasteiger partial charge < -0.3 is 10.6 Å². The minimum atomic E-state index is -0.0823. The van der Waals surface area contributed by atoms with Crippen molar-refractivity contribution in [2.75, 3.05) is 26.2 Å². The molecular formula is C16H31N3O. The number of carbonyl (C=O) groups is 1. The highest BCUT2D eigenvalue weighted by Crippen LogP contribution is 2.29. The van der Waals surface area contributed by atoms with Crippen LogP contribution in [-0.2, 0) is 4.79 Å². The molecule has 0 spiro atoms. The molecule has 2 saturated heterocycles. The number of hydrogen-bond donors (Lipinski definition) is 2. The van der Waals surface area contributed by atoms with Crippen molar-refractivity contribution in [3.05, 3.63) is 0 Å². The summed E-state index contributed by atoms with van der Waals surface area (Å²) in [5.41, 5.74) is -0.0823. The molecule has 0 aliphatic carbocycles. The molecule has 116 valence electrons. The van der Waals surface area contributed by atoms with Crippen LogP contribution in [0.2, 0.25) is 0 Å². The van der Waals surface area contributed by atoms with Gasteiger partial charge in [-0.15, -0.1) is 0 Å². The quantitative estimate of drug-likeness (QED) is 0.807. The highest BCUT2D eigenvalue weighted by atomic mass is 16.2. The fourth-order valence-corrected chi connectivity index (χ4v) is 3.50. The van der Waals surface area contributed by atoms with Gasteiger partial charge in [0, 0.05) is 11.6 Å². The van der Waals surface area contributed by atoms with Crippen molar-refractivity contribution in [2.45, 2.75) is 64.5 Å². The maximum Gasteiger partial charge on any atom is 0.234 e. The first-order chi connectivity index (χ1) is 9.52. The zero-order chi connectivity index (χ0) is 14.6. The first-order valence-corrected chi connectivity index (χ1v) is 8.27. The summed E-state index contributed by atoms with van der Waals surface area (Å²) in [5, 5.41) is 6.60. The molecule has 2 heterocycles. The third kappa shape index (κ3) is 4.19. The van der Waals surface area contributed by atoms with Gasteiger partial charge >= 0.3 is 0 Å². The average molecular weight is 281 g/mol. The molecule has 4 heteroatoms. The van der Waals surface area contributed by atoms with Crippen molar-refractivity contribution in [1.82, 2.24) is 15.5 Å². The molecule has 0 bridgehead atoms. The maximum atomic E-state index is 12.2. The summed E-state index contributed by atoms with van der Waals surface area (Å²) in [4.78, 5) is 14.7. The summed E-state index contributed by atoms with van der Waals surface area (Å²) in [6.07, 6.45) is 6.02. The fraction of sp³-hybridized carbons (Fsp3) is 0.938. The van der Waals surface area contributed by atoms with E-state index in [4.69, 9.17) is 0 Å². The van der Waals surface area contributed by atoms with Gasteiger partial charge in [0.25, 0.3) is 0 Å². The second-order valence-corrected chi connectivity index (χ2v) is 7.05. The Morgan fingerprint density at radius 1 is 1.30 bits per heavy atom. The summed E-state index contributed by atoms with van der Waals surface area (Å²) in [6.45, 7) is 10.3. The second-order valence-electron chi connectivity index (χ2n) is 7.05. The van der Waals surface area contributed by atoms with E-state index in [-0.39, 0.29) is 11.4 Å². The molecule has 0 aromatic heterocycles. The maximum absolute atomic E-state index is 12.2. The standard InChI is InChI=1S/C16H31N3O/c1-4-16(2,3)18-15(20)12-19-11-5-6-14(19)13-7-9-17-10-8-13/h13-14,17H,4-12H2,1-3H3,(H,18,20). The van der Waals surface area contributed by atoms with Crippen LogP contribution < -0.4 is 10.6 Å². The zero-order valence-electron chi connectivity index (χ0n) is 13.4. The van der Waals surface area contributed by atoms with Crippen LogP contribution in [0.5, 0.6) is 0 Å². The third-order valence-corrected chi connectivity index (χ3v) is 5.05. The van der Waals surface area contributed by atoms with Gasteiger partial charge in [-0.3, -0.25) is 9.69 Å². The van der Waals surface area contributed by atoms with Crippen LogP contribution in [0.15, 0.2) is 0 Å². The van der Waals surface area contributed by atoms with Gasteiger partial charge in [0.1, 0.15) is 0 Å². The molecule has 2 N–H and O–H groups in total. The Morgan fingerprint density at radius 2 is 2.00 bits per heavy atom. The molecular weight excluding hydrogens is 250 g/mol. The van der Waals surface area contributed by atoms with Gasteiger partial charge in [-0.1, -0.05) is 6.92 Å². The van der Waals surface area contributed by atoms with E-state index in [1.165, 1.54) is 25.7 Å². The molecule has 2 fully saturated rings. The summed E-state index contributed by atoms with van der Waals surface area (Å²) in [6, 6.07) is 0.632. The highest BCUT2D eigenvalue weighted by Gasteiger charge is 2.33. The molecule has 20 heavy (non-hydrogen) atoms. The normalized spacial score (nSPS) is 25.9. The van der Waals surface area contributed by atoms with Gasteiger partial charge in [0.2, 0.25) is 5.91 Å². The Labute approximate surface area is 123 Å². The number of nitrogens with zero attached hydrogens (tertiary/aromatic N) is 1. The van der Waals surface area contributed by atoms with Gasteiger partial charge in [0.05, 0.1) is 6.54 Å². The van der Waals surface area contributed by atoms with E-state index in [9.17, 15) is 4.79 Å². The predicted molar refractivity (Wildman–Crippen MR) is 82.7 cm³/mol. The molecule has 1 atom stereocenters. The van der Waals surface area contributed by atoms with E-state index in [2.05, 4.69) is 36.3 Å². The molecule has 2 aliphatic rings. The van der Waals surface area contributed by atoms with Crippen LogP contribution in [-0.4, -0.2) is 48.6 Å². The average Bonchev–Trinajstić information content (AvgIpc) is 2.87. The van der Waals surface area contributed by atoms with Gasteiger partial charge in [-0.2, -0.15) is 0 Å². The van der Waals surface area contributed by atoms with Crippen LogP contribution in [0.4, 0.5) is 0 Å². The van der Waals surface area contributed by atoms with Crippen molar-refractivity contribution in [3.8, 4) is 0 Å². The van der Waals surface area contributed by atoms with E-state index in [0.29, 0.717) is 12.6 Å². The molecule has 0 saturated carbocycles. The Hall–Kier alpha value is -0.610. The summed E-state index contributed by atoms with van der Waals surface area (Å²) in [5.74, 6) is 0.975. The predicted octanol–water partition coefficient (Wildman–Crippen LogP) is 1.76. The lowest BCUT2D eigenvalue weighted by Crippen LogP contribution is -2.49. The van der Waals surface area contributed by atoms with Gasteiger partial charge in [0.15, 0.2) is 0 Å². The molecule has 0 aromatic carbocycles. The fourth-order valence-electron chi connectivity index (χ4n) is 3.50. The number of likely N-dealkylation sites (tertiary alicyclic amines) is 1. The number of rotatable bonds is 5. The van der Waals surface area contributed by atoms with E-state index >= 15 is 0 Å². The molecule has 0 aromatic rings. The van der Waals surface area contributed by atoms with Crippen LogP contribution in [0.3, 0.4) is 0 Å². The van der Waals surface area contributed by atoms with Crippen molar-refractivity contribution in [3.63, 3.8) is 0 Å². The van der Waals surface area contributed by atoms with Crippen LogP contribution >= 0.6 is 0 Å². The minimum Gasteiger partial charge on any atom is -0.350 e. The number of amides is 1. The number of nitrogens with one attached hydrogen (secondary N) is 2. The molecule has 0 radical (unpaired) electrons. The molecule has 2 rings (SSSR count). The number of hydrogen-bond acceptors (Lipinski definition) is 3. The summed E-state index contributed by atoms with van der Waals surface area (Å²) < 4.78 is 0. The lowest BCUT2D eigenvalue weighted by atomic mass is 9.89. The Bertz CT molecular complexity index is 324. The molecule has 4 nitrogen and oxygen atoms in total. The lowest BCUT2D eigenvalue weighted by Gasteiger charge is -2.34. The van der Waals surface area contributed by atoms with Gasteiger partial charge in [-0.05, 0) is 71.5 Å². The van der Waals surface area contributed by atoms with E-state index in [0.717, 1.165) is 32.0 Å². The number of piperidine rings is 1. The van der Waals surface area contributed by atoms with E-state index < -0.39 is 0 Å². The topological polar surface area (TPSA) is 44.4 Å².